The van der Waals surface area contributed by atoms with Gasteiger partial charge in [0.15, 0.2) is 0 Å². The summed E-state index contributed by atoms with van der Waals surface area (Å²) in [7, 11) is 0. The molecular formula is C23H30O3. The zero-order chi connectivity index (χ0) is 18.6. The van der Waals surface area contributed by atoms with Gasteiger partial charge in [-0.1, -0.05) is 87.4 Å². The SMILES string of the molecule is CCCCC(OC(=O)OC(CCCC)c1ccccc1)c1ccccc1. The van der Waals surface area contributed by atoms with Crippen molar-refractivity contribution in [1.82, 2.24) is 0 Å². The minimum Gasteiger partial charge on any atom is -0.426 e. The number of unbranched alkanes of at least 4 members (excludes halogenated alkanes) is 2. The molecule has 140 valence electrons. The van der Waals surface area contributed by atoms with E-state index in [4.69, 9.17) is 9.47 Å². The van der Waals surface area contributed by atoms with E-state index in [0.29, 0.717) is 0 Å². The first-order valence-electron chi connectivity index (χ1n) is 9.71. The Labute approximate surface area is 157 Å². The van der Waals surface area contributed by atoms with Gasteiger partial charge >= 0.3 is 6.16 Å². The molecule has 0 aromatic heterocycles. The molecule has 2 rings (SSSR count). The summed E-state index contributed by atoms with van der Waals surface area (Å²) in [6.45, 7) is 4.27. The molecule has 0 aliphatic rings. The Morgan fingerprint density at radius 1 is 0.731 bits per heavy atom. The van der Waals surface area contributed by atoms with Gasteiger partial charge in [-0.3, -0.25) is 0 Å². The van der Waals surface area contributed by atoms with Gasteiger partial charge in [-0.05, 0) is 36.8 Å². The van der Waals surface area contributed by atoms with Crippen LogP contribution in [-0.4, -0.2) is 6.16 Å². The highest BCUT2D eigenvalue weighted by atomic mass is 16.7. The van der Waals surface area contributed by atoms with E-state index in [1.807, 2.05) is 60.7 Å². The van der Waals surface area contributed by atoms with Gasteiger partial charge in [-0.25, -0.2) is 4.79 Å². The van der Waals surface area contributed by atoms with E-state index in [1.165, 1.54) is 0 Å². The average molecular weight is 354 g/mol. The zero-order valence-corrected chi connectivity index (χ0v) is 15.9. The maximum atomic E-state index is 12.5. The van der Waals surface area contributed by atoms with E-state index in [-0.39, 0.29) is 12.2 Å². The van der Waals surface area contributed by atoms with E-state index >= 15 is 0 Å². The van der Waals surface area contributed by atoms with E-state index < -0.39 is 6.16 Å². The van der Waals surface area contributed by atoms with Gasteiger partial charge in [0.25, 0.3) is 0 Å². The van der Waals surface area contributed by atoms with Gasteiger partial charge in [0.2, 0.25) is 0 Å². The summed E-state index contributed by atoms with van der Waals surface area (Å²) in [6, 6.07) is 19.8. The van der Waals surface area contributed by atoms with E-state index in [2.05, 4.69) is 13.8 Å². The summed E-state index contributed by atoms with van der Waals surface area (Å²) in [4.78, 5) is 12.5. The third-order valence-corrected chi connectivity index (χ3v) is 4.46. The van der Waals surface area contributed by atoms with Crippen molar-refractivity contribution in [1.29, 1.82) is 0 Å². The molecule has 26 heavy (non-hydrogen) atoms. The topological polar surface area (TPSA) is 35.5 Å². The quantitative estimate of drug-likeness (QED) is 0.431. The highest BCUT2D eigenvalue weighted by Gasteiger charge is 2.21. The molecular weight excluding hydrogens is 324 g/mol. The molecule has 2 unspecified atom stereocenters. The monoisotopic (exact) mass is 354 g/mol. The molecule has 0 heterocycles. The summed E-state index contributed by atoms with van der Waals surface area (Å²) in [5.74, 6) is 0. The van der Waals surface area contributed by atoms with Crippen molar-refractivity contribution in [3.63, 3.8) is 0 Å². The van der Waals surface area contributed by atoms with Crippen LogP contribution < -0.4 is 0 Å². The van der Waals surface area contributed by atoms with E-state index in [0.717, 1.165) is 49.7 Å². The fourth-order valence-corrected chi connectivity index (χ4v) is 2.96. The van der Waals surface area contributed by atoms with Crippen LogP contribution in [-0.2, 0) is 9.47 Å². The highest BCUT2D eigenvalue weighted by Crippen LogP contribution is 2.28. The number of ether oxygens (including phenoxy) is 2. The van der Waals surface area contributed by atoms with Gasteiger partial charge in [-0.2, -0.15) is 0 Å². The lowest BCUT2D eigenvalue weighted by Gasteiger charge is -2.22. The molecule has 0 aliphatic heterocycles. The second-order valence-electron chi connectivity index (χ2n) is 6.57. The van der Waals surface area contributed by atoms with Crippen molar-refractivity contribution < 1.29 is 14.3 Å². The van der Waals surface area contributed by atoms with Crippen LogP contribution in [0.4, 0.5) is 4.79 Å². The van der Waals surface area contributed by atoms with Crippen LogP contribution in [0.2, 0.25) is 0 Å². The highest BCUT2D eigenvalue weighted by molar-refractivity contribution is 5.61. The molecule has 0 amide bonds. The standard InChI is InChI=1S/C23H30O3/c1-3-5-17-21(19-13-9-7-10-14-19)25-23(24)26-22(18-6-4-2)20-15-11-8-12-16-20/h7-16,21-22H,3-6,17-18H2,1-2H3. The van der Waals surface area contributed by atoms with Crippen LogP contribution in [0.1, 0.15) is 75.7 Å². The average Bonchev–Trinajstić information content (AvgIpc) is 2.69. The second-order valence-corrected chi connectivity index (χ2v) is 6.57. The smallest absolute Gasteiger partial charge is 0.426 e. The van der Waals surface area contributed by atoms with Gasteiger partial charge in [0.05, 0.1) is 0 Å². The van der Waals surface area contributed by atoms with Gasteiger partial charge in [-0.15, -0.1) is 0 Å². The maximum Gasteiger partial charge on any atom is 0.509 e. The molecule has 0 saturated carbocycles. The number of hydrogen-bond donors (Lipinski definition) is 0. The molecule has 2 aromatic rings. The minimum absolute atomic E-state index is 0.258. The van der Waals surface area contributed by atoms with E-state index in [9.17, 15) is 4.79 Å². The first-order valence-corrected chi connectivity index (χ1v) is 9.71. The lowest BCUT2D eigenvalue weighted by molar-refractivity contribution is -0.00849. The molecule has 0 bridgehead atoms. The minimum atomic E-state index is -0.583. The lowest BCUT2D eigenvalue weighted by atomic mass is 10.0. The molecule has 0 saturated heterocycles. The van der Waals surface area contributed by atoms with Crippen molar-refractivity contribution in [3.8, 4) is 0 Å². The Hall–Kier alpha value is -2.29. The fraction of sp³-hybridized carbons (Fsp3) is 0.435. The normalized spacial score (nSPS) is 13.0. The van der Waals surface area contributed by atoms with Crippen molar-refractivity contribution in [2.45, 2.75) is 64.6 Å². The predicted molar refractivity (Wildman–Crippen MR) is 105 cm³/mol. The Kier molecular flexibility index (Phi) is 8.74. The number of carbonyl (C=O) groups excluding carboxylic acids is 1. The summed E-state index contributed by atoms with van der Waals surface area (Å²) < 4.78 is 11.4. The van der Waals surface area contributed by atoms with Crippen LogP contribution in [0.15, 0.2) is 60.7 Å². The van der Waals surface area contributed by atoms with Crippen LogP contribution in [0.3, 0.4) is 0 Å². The molecule has 0 spiro atoms. The third kappa shape index (κ3) is 6.55. The molecule has 2 atom stereocenters. The largest absolute Gasteiger partial charge is 0.509 e. The molecule has 2 aromatic carbocycles. The maximum absolute atomic E-state index is 12.5. The number of benzene rings is 2. The summed E-state index contributed by atoms with van der Waals surface area (Å²) in [5, 5.41) is 0. The van der Waals surface area contributed by atoms with Crippen LogP contribution in [0.25, 0.3) is 0 Å². The second kappa shape index (κ2) is 11.3. The molecule has 3 heteroatoms. The van der Waals surface area contributed by atoms with Crippen molar-refractivity contribution in [2.24, 2.45) is 0 Å². The van der Waals surface area contributed by atoms with Crippen LogP contribution in [0, 0.1) is 0 Å². The van der Waals surface area contributed by atoms with Crippen LogP contribution in [0.5, 0.6) is 0 Å². The van der Waals surface area contributed by atoms with Crippen LogP contribution >= 0.6 is 0 Å². The van der Waals surface area contributed by atoms with Gasteiger partial charge in [0.1, 0.15) is 12.2 Å². The summed E-state index contributed by atoms with van der Waals surface area (Å²) >= 11 is 0. The predicted octanol–water partition coefficient (Wildman–Crippen LogP) is 7.00. The van der Waals surface area contributed by atoms with Crippen molar-refractivity contribution in [2.75, 3.05) is 0 Å². The Balaban J connectivity index is 2.04. The Morgan fingerprint density at radius 3 is 1.46 bits per heavy atom. The first-order chi connectivity index (χ1) is 12.7. The zero-order valence-electron chi connectivity index (χ0n) is 15.9. The molecule has 0 radical (unpaired) electrons. The summed E-state index contributed by atoms with van der Waals surface area (Å²) in [6.07, 6.45) is 4.64. The molecule has 0 fully saturated rings. The van der Waals surface area contributed by atoms with Gasteiger partial charge in [0, 0.05) is 0 Å². The molecule has 3 nitrogen and oxygen atoms in total. The number of hydrogen-bond acceptors (Lipinski definition) is 3. The van der Waals surface area contributed by atoms with Crippen molar-refractivity contribution >= 4 is 6.16 Å². The number of rotatable bonds is 10. The first kappa shape index (κ1) is 20.0. The molecule has 0 N–H and O–H groups in total. The summed E-state index contributed by atoms with van der Waals surface area (Å²) in [5.41, 5.74) is 2.03. The van der Waals surface area contributed by atoms with E-state index in [1.54, 1.807) is 0 Å². The Bertz CT molecular complexity index is 569. The molecule has 0 aliphatic carbocycles. The third-order valence-electron chi connectivity index (χ3n) is 4.46. The lowest BCUT2D eigenvalue weighted by Crippen LogP contribution is -2.16. The fourth-order valence-electron chi connectivity index (χ4n) is 2.96. The number of carbonyl (C=O) groups is 1. The van der Waals surface area contributed by atoms with Crippen molar-refractivity contribution in [3.05, 3.63) is 71.8 Å². The Morgan fingerprint density at radius 2 is 1.12 bits per heavy atom. The van der Waals surface area contributed by atoms with Gasteiger partial charge < -0.3 is 9.47 Å².